The smallest absolute Gasteiger partial charge is 0.364 e. The number of halogens is 1. The number of aryl methyl sites for hydroxylation is 1. The molecule has 0 aliphatic rings. The molecule has 94 valence electrons. The lowest BCUT2D eigenvalue weighted by atomic mass is 10.3. The number of nitrogens with zero attached hydrogens (tertiary/aromatic N) is 2. The largest absolute Gasteiger partial charge is 0.422 e. The molecule has 0 radical (unpaired) electrons. The molecule has 0 bridgehead atoms. The van der Waals surface area contributed by atoms with Gasteiger partial charge in [-0.3, -0.25) is 4.68 Å². The first-order chi connectivity index (χ1) is 8.61. The maximum Gasteiger partial charge on any atom is 0.364 e. The molecule has 1 aromatic heterocycles. The van der Waals surface area contributed by atoms with Crippen LogP contribution < -0.4 is 10.5 Å². The molecule has 1 heterocycles. The molecule has 0 amide bonds. The number of hydrogen-bond acceptors (Lipinski definition) is 4. The molecule has 0 aliphatic heterocycles. The van der Waals surface area contributed by atoms with Crippen molar-refractivity contribution < 1.29 is 9.53 Å². The Bertz CT molecular complexity index is 563. The fraction of sp³-hybridized carbons (Fsp3) is 0.167. The summed E-state index contributed by atoms with van der Waals surface area (Å²) in [4.78, 5) is 12.0. The average Bonchev–Trinajstić information content (AvgIpc) is 2.73. The summed E-state index contributed by atoms with van der Waals surface area (Å²) in [7, 11) is 0. The van der Waals surface area contributed by atoms with E-state index in [2.05, 4.69) is 21.0 Å². The molecule has 18 heavy (non-hydrogen) atoms. The maximum absolute atomic E-state index is 12.0. The molecule has 2 rings (SSSR count). The molecule has 1 aromatic carbocycles. The van der Waals surface area contributed by atoms with Gasteiger partial charge < -0.3 is 10.5 Å². The van der Waals surface area contributed by atoms with Gasteiger partial charge in [0.05, 0.1) is 11.9 Å². The van der Waals surface area contributed by atoms with Gasteiger partial charge in [-0.05, 0) is 31.2 Å². The van der Waals surface area contributed by atoms with Crippen LogP contribution in [0.2, 0.25) is 0 Å². The molecule has 0 atom stereocenters. The average molecular weight is 310 g/mol. The highest BCUT2D eigenvalue weighted by Crippen LogP contribution is 2.19. The number of aromatic nitrogens is 2. The minimum absolute atomic E-state index is 0.278. The summed E-state index contributed by atoms with van der Waals surface area (Å²) in [6, 6.07) is 6.99. The van der Waals surface area contributed by atoms with Gasteiger partial charge in [0.1, 0.15) is 5.75 Å². The van der Waals surface area contributed by atoms with Gasteiger partial charge in [0.25, 0.3) is 0 Å². The van der Waals surface area contributed by atoms with Crippen molar-refractivity contribution in [2.45, 2.75) is 13.5 Å². The lowest BCUT2D eigenvalue weighted by molar-refractivity contribution is 0.0723. The number of carbonyl (C=O) groups is 1. The van der Waals surface area contributed by atoms with E-state index in [9.17, 15) is 4.79 Å². The Morgan fingerprint density at radius 3 is 2.72 bits per heavy atom. The van der Waals surface area contributed by atoms with Crippen LogP contribution in [0.4, 0.5) is 5.69 Å². The Balaban J connectivity index is 2.21. The summed E-state index contributed by atoms with van der Waals surface area (Å²) in [6.07, 6.45) is 1.45. The van der Waals surface area contributed by atoms with Crippen LogP contribution in [0.5, 0.6) is 5.75 Å². The van der Waals surface area contributed by atoms with Gasteiger partial charge in [-0.1, -0.05) is 15.9 Å². The number of ether oxygens (including phenoxy) is 1. The summed E-state index contributed by atoms with van der Waals surface area (Å²) >= 11 is 3.31. The first kappa shape index (κ1) is 12.6. The predicted octanol–water partition coefficient (Wildman–Crippen LogP) is 2.47. The zero-order valence-electron chi connectivity index (χ0n) is 9.76. The summed E-state index contributed by atoms with van der Waals surface area (Å²) < 4.78 is 7.66. The van der Waals surface area contributed by atoms with Crippen molar-refractivity contribution in [2.75, 3.05) is 5.73 Å². The van der Waals surface area contributed by atoms with Crippen molar-refractivity contribution in [1.29, 1.82) is 0 Å². The van der Waals surface area contributed by atoms with Gasteiger partial charge in [-0.15, -0.1) is 0 Å². The number of nitrogen functional groups attached to an aromatic ring is 1. The van der Waals surface area contributed by atoms with Crippen LogP contribution >= 0.6 is 15.9 Å². The Hall–Kier alpha value is -1.82. The molecule has 0 saturated heterocycles. The Kier molecular flexibility index (Phi) is 3.66. The highest BCUT2D eigenvalue weighted by atomic mass is 79.9. The van der Waals surface area contributed by atoms with Crippen LogP contribution in [0.3, 0.4) is 0 Å². The van der Waals surface area contributed by atoms with Crippen LogP contribution in [0.1, 0.15) is 17.4 Å². The lowest BCUT2D eigenvalue weighted by Crippen LogP contribution is -2.16. The van der Waals surface area contributed by atoms with Crippen LogP contribution in [0, 0.1) is 0 Å². The van der Waals surface area contributed by atoms with E-state index in [4.69, 9.17) is 10.5 Å². The number of nitrogens with two attached hydrogens (primary N) is 1. The summed E-state index contributed by atoms with van der Waals surface area (Å²) in [5, 5.41) is 3.99. The zero-order valence-corrected chi connectivity index (χ0v) is 11.3. The van der Waals surface area contributed by atoms with Crippen molar-refractivity contribution >= 4 is 27.6 Å². The van der Waals surface area contributed by atoms with E-state index in [0.29, 0.717) is 18.0 Å². The van der Waals surface area contributed by atoms with E-state index < -0.39 is 5.97 Å². The molecule has 5 nitrogen and oxygen atoms in total. The van der Waals surface area contributed by atoms with Crippen molar-refractivity contribution in [1.82, 2.24) is 9.78 Å². The van der Waals surface area contributed by atoms with Crippen molar-refractivity contribution in [3.63, 3.8) is 0 Å². The van der Waals surface area contributed by atoms with Gasteiger partial charge in [0.15, 0.2) is 5.69 Å². The quantitative estimate of drug-likeness (QED) is 0.698. The fourth-order valence-electron chi connectivity index (χ4n) is 1.52. The standard InChI is InChI=1S/C12H12BrN3O2/c1-2-16-11(10(14)7-15-16)12(17)18-9-5-3-8(13)4-6-9/h3-7H,2,14H2,1H3. The van der Waals surface area contributed by atoms with E-state index in [-0.39, 0.29) is 5.69 Å². The second-order valence-corrected chi connectivity index (χ2v) is 4.52. The van der Waals surface area contributed by atoms with Gasteiger partial charge in [-0.25, -0.2) is 4.79 Å². The van der Waals surface area contributed by atoms with Crippen molar-refractivity contribution in [3.8, 4) is 5.75 Å². The monoisotopic (exact) mass is 309 g/mol. The molecule has 0 aliphatic carbocycles. The Morgan fingerprint density at radius 2 is 2.11 bits per heavy atom. The van der Waals surface area contributed by atoms with E-state index in [1.807, 2.05) is 6.92 Å². The highest BCUT2D eigenvalue weighted by molar-refractivity contribution is 9.10. The number of esters is 1. The minimum Gasteiger partial charge on any atom is -0.422 e. The molecule has 2 N–H and O–H groups in total. The second-order valence-electron chi connectivity index (χ2n) is 3.61. The van der Waals surface area contributed by atoms with Gasteiger partial charge >= 0.3 is 5.97 Å². The third kappa shape index (κ3) is 2.53. The molecule has 0 fully saturated rings. The molecule has 2 aromatic rings. The Morgan fingerprint density at radius 1 is 1.44 bits per heavy atom. The van der Waals surface area contributed by atoms with E-state index in [1.54, 1.807) is 24.3 Å². The fourth-order valence-corrected chi connectivity index (χ4v) is 1.79. The normalized spacial score (nSPS) is 10.3. The first-order valence-electron chi connectivity index (χ1n) is 5.41. The van der Waals surface area contributed by atoms with Crippen LogP contribution in [0.15, 0.2) is 34.9 Å². The zero-order chi connectivity index (χ0) is 13.1. The summed E-state index contributed by atoms with van der Waals surface area (Å²) in [6.45, 7) is 2.44. The molecule has 6 heteroatoms. The van der Waals surface area contributed by atoms with Crippen molar-refractivity contribution in [3.05, 3.63) is 40.6 Å². The summed E-state index contributed by atoms with van der Waals surface area (Å²) in [5.41, 5.74) is 6.30. The molecular weight excluding hydrogens is 298 g/mol. The van der Waals surface area contributed by atoms with Gasteiger partial charge in [0.2, 0.25) is 0 Å². The molecular formula is C12H12BrN3O2. The van der Waals surface area contributed by atoms with Gasteiger partial charge in [0, 0.05) is 11.0 Å². The Labute approximate surface area is 113 Å². The lowest BCUT2D eigenvalue weighted by Gasteiger charge is -2.06. The highest BCUT2D eigenvalue weighted by Gasteiger charge is 2.18. The second kappa shape index (κ2) is 5.22. The molecule has 0 saturated carbocycles. The topological polar surface area (TPSA) is 70.1 Å². The number of hydrogen-bond donors (Lipinski definition) is 1. The molecule has 0 spiro atoms. The van der Waals surface area contributed by atoms with Crippen LogP contribution in [0.25, 0.3) is 0 Å². The van der Waals surface area contributed by atoms with Crippen molar-refractivity contribution in [2.24, 2.45) is 0 Å². The molecule has 0 unspecified atom stereocenters. The van der Waals surface area contributed by atoms with Crippen LogP contribution in [-0.2, 0) is 6.54 Å². The number of carbonyl (C=O) groups excluding carboxylic acids is 1. The van der Waals surface area contributed by atoms with E-state index in [0.717, 1.165) is 4.47 Å². The van der Waals surface area contributed by atoms with E-state index >= 15 is 0 Å². The SMILES string of the molecule is CCn1ncc(N)c1C(=O)Oc1ccc(Br)cc1. The number of rotatable bonds is 3. The van der Waals surface area contributed by atoms with Crippen LogP contribution in [-0.4, -0.2) is 15.7 Å². The van der Waals surface area contributed by atoms with Gasteiger partial charge in [-0.2, -0.15) is 5.10 Å². The number of anilines is 1. The third-order valence-electron chi connectivity index (χ3n) is 2.38. The first-order valence-corrected chi connectivity index (χ1v) is 6.20. The third-order valence-corrected chi connectivity index (χ3v) is 2.91. The van der Waals surface area contributed by atoms with E-state index in [1.165, 1.54) is 10.9 Å². The minimum atomic E-state index is -0.505. The summed E-state index contributed by atoms with van der Waals surface area (Å²) in [5.74, 6) is -0.0411. The predicted molar refractivity (Wildman–Crippen MR) is 71.4 cm³/mol. The maximum atomic E-state index is 12.0. The number of benzene rings is 1.